The SMILES string of the molecule is CCCC(CNC(=O)NC(CCC)c1cccs1)C(=O)O. The van der Waals surface area contributed by atoms with Gasteiger partial charge in [-0.1, -0.05) is 32.8 Å². The second kappa shape index (κ2) is 9.39. The lowest BCUT2D eigenvalue weighted by Crippen LogP contribution is -2.41. The molecule has 0 fully saturated rings. The Balaban J connectivity index is 2.48. The van der Waals surface area contributed by atoms with Gasteiger partial charge in [0.2, 0.25) is 0 Å². The first-order chi connectivity index (χ1) is 10.1. The molecule has 1 aromatic heterocycles. The molecule has 118 valence electrons. The van der Waals surface area contributed by atoms with Gasteiger partial charge in [-0.05, 0) is 24.3 Å². The van der Waals surface area contributed by atoms with Gasteiger partial charge in [0.1, 0.15) is 0 Å². The molecule has 2 atom stereocenters. The number of hydrogen-bond acceptors (Lipinski definition) is 3. The van der Waals surface area contributed by atoms with Crippen molar-refractivity contribution in [3.63, 3.8) is 0 Å². The summed E-state index contributed by atoms with van der Waals surface area (Å²) in [7, 11) is 0. The van der Waals surface area contributed by atoms with Gasteiger partial charge in [-0.2, -0.15) is 0 Å². The van der Waals surface area contributed by atoms with Crippen LogP contribution in [0.4, 0.5) is 4.79 Å². The number of thiophene rings is 1. The number of carbonyl (C=O) groups is 2. The fraction of sp³-hybridized carbons (Fsp3) is 0.600. The molecule has 0 radical (unpaired) electrons. The number of aliphatic carboxylic acids is 1. The van der Waals surface area contributed by atoms with Crippen LogP contribution < -0.4 is 10.6 Å². The molecule has 0 spiro atoms. The summed E-state index contributed by atoms with van der Waals surface area (Å²) < 4.78 is 0. The Bertz CT molecular complexity index is 434. The van der Waals surface area contributed by atoms with Crippen LogP contribution in [-0.4, -0.2) is 23.7 Å². The Labute approximate surface area is 129 Å². The van der Waals surface area contributed by atoms with E-state index in [-0.39, 0.29) is 18.6 Å². The predicted octanol–water partition coefficient (Wildman–Crippen LogP) is 3.39. The molecule has 3 N–H and O–H groups in total. The molecule has 0 aliphatic heterocycles. The van der Waals surface area contributed by atoms with Gasteiger partial charge in [-0.3, -0.25) is 4.79 Å². The van der Waals surface area contributed by atoms with Gasteiger partial charge in [0.05, 0.1) is 12.0 Å². The van der Waals surface area contributed by atoms with E-state index in [9.17, 15) is 9.59 Å². The number of carboxylic acid groups (broad SMARTS) is 1. The van der Waals surface area contributed by atoms with Gasteiger partial charge in [0.25, 0.3) is 0 Å². The number of carboxylic acids is 1. The van der Waals surface area contributed by atoms with Crippen molar-refractivity contribution in [2.24, 2.45) is 5.92 Å². The minimum atomic E-state index is -0.861. The number of rotatable bonds is 9. The summed E-state index contributed by atoms with van der Waals surface area (Å²) in [6, 6.07) is 3.65. The second-order valence-corrected chi connectivity index (χ2v) is 6.01. The fourth-order valence-electron chi connectivity index (χ4n) is 2.15. The Hall–Kier alpha value is -1.56. The lowest BCUT2D eigenvalue weighted by atomic mass is 10.0. The maximum absolute atomic E-state index is 11.9. The average Bonchev–Trinajstić information content (AvgIpc) is 2.96. The summed E-state index contributed by atoms with van der Waals surface area (Å²) in [6.45, 7) is 4.17. The maximum Gasteiger partial charge on any atom is 0.315 e. The summed E-state index contributed by atoms with van der Waals surface area (Å²) in [5.41, 5.74) is 0. The van der Waals surface area contributed by atoms with Crippen molar-refractivity contribution in [2.45, 2.75) is 45.6 Å². The van der Waals surface area contributed by atoms with E-state index >= 15 is 0 Å². The standard InChI is InChI=1S/C15H24N2O3S/c1-3-6-11(14(18)19)10-16-15(20)17-12(7-4-2)13-8-5-9-21-13/h5,8-9,11-12H,3-4,6-7,10H2,1-2H3,(H,18,19)(H2,16,17,20). The van der Waals surface area contributed by atoms with E-state index in [1.54, 1.807) is 11.3 Å². The lowest BCUT2D eigenvalue weighted by molar-refractivity contribution is -0.141. The average molecular weight is 312 g/mol. The molecule has 0 aliphatic rings. The van der Waals surface area contributed by atoms with Gasteiger partial charge < -0.3 is 15.7 Å². The maximum atomic E-state index is 11.9. The molecule has 5 nitrogen and oxygen atoms in total. The van der Waals surface area contributed by atoms with E-state index in [4.69, 9.17) is 5.11 Å². The summed E-state index contributed by atoms with van der Waals surface area (Å²) in [5, 5.41) is 16.6. The Morgan fingerprint density at radius 3 is 2.52 bits per heavy atom. The van der Waals surface area contributed by atoms with Crippen molar-refractivity contribution in [2.75, 3.05) is 6.54 Å². The molecule has 1 rings (SSSR count). The lowest BCUT2D eigenvalue weighted by Gasteiger charge is -2.18. The van der Waals surface area contributed by atoms with E-state index < -0.39 is 11.9 Å². The van der Waals surface area contributed by atoms with Crippen LogP contribution in [0.3, 0.4) is 0 Å². The number of hydrogen-bond donors (Lipinski definition) is 3. The van der Waals surface area contributed by atoms with Crippen LogP contribution >= 0.6 is 11.3 Å². The minimum Gasteiger partial charge on any atom is -0.481 e. The molecular formula is C15H24N2O3S. The van der Waals surface area contributed by atoms with Gasteiger partial charge >= 0.3 is 12.0 Å². The highest BCUT2D eigenvalue weighted by atomic mass is 32.1. The molecule has 21 heavy (non-hydrogen) atoms. The first-order valence-electron chi connectivity index (χ1n) is 7.39. The van der Waals surface area contributed by atoms with E-state index in [0.717, 1.165) is 24.1 Å². The quantitative estimate of drug-likeness (QED) is 0.654. The molecule has 2 unspecified atom stereocenters. The van der Waals surface area contributed by atoms with Crippen molar-refractivity contribution in [1.29, 1.82) is 0 Å². The monoisotopic (exact) mass is 312 g/mol. The van der Waals surface area contributed by atoms with Gasteiger partial charge in [-0.15, -0.1) is 11.3 Å². The van der Waals surface area contributed by atoms with Crippen LogP contribution in [0.15, 0.2) is 17.5 Å². The minimum absolute atomic E-state index is 0.00977. The summed E-state index contributed by atoms with van der Waals surface area (Å²) in [6.07, 6.45) is 3.19. The zero-order valence-electron chi connectivity index (χ0n) is 12.6. The third-order valence-corrected chi connectivity index (χ3v) is 4.25. The van der Waals surface area contributed by atoms with E-state index in [1.807, 2.05) is 24.4 Å². The first kappa shape index (κ1) is 17.5. The van der Waals surface area contributed by atoms with Crippen LogP contribution in [0.1, 0.15) is 50.4 Å². The molecule has 1 aromatic rings. The zero-order valence-corrected chi connectivity index (χ0v) is 13.4. The van der Waals surface area contributed by atoms with Gasteiger partial charge in [0.15, 0.2) is 0 Å². The highest BCUT2D eigenvalue weighted by molar-refractivity contribution is 7.10. The number of carbonyl (C=O) groups excluding carboxylic acids is 1. The molecule has 0 aromatic carbocycles. The largest absolute Gasteiger partial charge is 0.481 e. The highest BCUT2D eigenvalue weighted by Gasteiger charge is 2.19. The van der Waals surface area contributed by atoms with Crippen LogP contribution in [0.2, 0.25) is 0 Å². The van der Waals surface area contributed by atoms with Crippen molar-refractivity contribution < 1.29 is 14.7 Å². The highest BCUT2D eigenvalue weighted by Crippen LogP contribution is 2.22. The van der Waals surface area contributed by atoms with Crippen LogP contribution in [0, 0.1) is 5.92 Å². The van der Waals surface area contributed by atoms with E-state index in [1.165, 1.54) is 0 Å². The topological polar surface area (TPSA) is 78.4 Å². The van der Waals surface area contributed by atoms with Gasteiger partial charge in [-0.25, -0.2) is 4.79 Å². The van der Waals surface area contributed by atoms with Crippen LogP contribution in [0.5, 0.6) is 0 Å². The summed E-state index contributed by atoms with van der Waals surface area (Å²) in [5.74, 6) is -1.38. The molecule has 2 amide bonds. The Kier molecular flexibility index (Phi) is 7.82. The first-order valence-corrected chi connectivity index (χ1v) is 8.27. The second-order valence-electron chi connectivity index (χ2n) is 5.03. The molecule has 0 bridgehead atoms. The molecule has 1 heterocycles. The van der Waals surface area contributed by atoms with Crippen LogP contribution in [-0.2, 0) is 4.79 Å². The van der Waals surface area contributed by atoms with E-state index in [2.05, 4.69) is 17.6 Å². The van der Waals surface area contributed by atoms with Gasteiger partial charge in [0, 0.05) is 11.4 Å². The van der Waals surface area contributed by atoms with Crippen molar-refractivity contribution in [3.8, 4) is 0 Å². The number of nitrogens with one attached hydrogen (secondary N) is 2. The Morgan fingerprint density at radius 2 is 2.00 bits per heavy atom. The fourth-order valence-corrected chi connectivity index (χ4v) is 2.96. The summed E-state index contributed by atoms with van der Waals surface area (Å²) in [4.78, 5) is 24.1. The number of urea groups is 1. The van der Waals surface area contributed by atoms with E-state index in [0.29, 0.717) is 6.42 Å². The third-order valence-electron chi connectivity index (χ3n) is 3.26. The molecular weight excluding hydrogens is 288 g/mol. The molecule has 0 saturated carbocycles. The molecule has 6 heteroatoms. The van der Waals surface area contributed by atoms with Crippen molar-refractivity contribution in [1.82, 2.24) is 10.6 Å². The molecule has 0 saturated heterocycles. The number of amides is 2. The normalized spacial score (nSPS) is 13.4. The van der Waals surface area contributed by atoms with Crippen molar-refractivity contribution >= 4 is 23.3 Å². The van der Waals surface area contributed by atoms with Crippen LogP contribution in [0.25, 0.3) is 0 Å². The zero-order chi connectivity index (χ0) is 15.7. The third kappa shape index (κ3) is 6.16. The predicted molar refractivity (Wildman–Crippen MR) is 84.5 cm³/mol. The Morgan fingerprint density at radius 1 is 1.29 bits per heavy atom. The molecule has 0 aliphatic carbocycles. The summed E-state index contributed by atoms with van der Waals surface area (Å²) >= 11 is 1.61. The van der Waals surface area contributed by atoms with Crippen molar-refractivity contribution in [3.05, 3.63) is 22.4 Å². The smallest absolute Gasteiger partial charge is 0.315 e.